The average molecular weight is 440 g/mol. The van der Waals surface area contributed by atoms with E-state index in [0.29, 0.717) is 22.0 Å². The first-order chi connectivity index (χ1) is 14.5. The van der Waals surface area contributed by atoms with Gasteiger partial charge < -0.3 is 4.42 Å². The van der Waals surface area contributed by atoms with Gasteiger partial charge in [-0.15, -0.1) is 10.2 Å². The Kier molecular flexibility index (Phi) is 5.94. The van der Waals surface area contributed by atoms with Gasteiger partial charge in [-0.2, -0.15) is 4.72 Å². The summed E-state index contributed by atoms with van der Waals surface area (Å²) < 4.78 is 34.3. The van der Waals surface area contributed by atoms with Crippen LogP contribution in [0, 0.1) is 0 Å². The molecule has 0 amide bonds. The molecule has 6 nitrogen and oxygen atoms in total. The van der Waals surface area contributed by atoms with E-state index in [-0.39, 0.29) is 11.6 Å². The van der Waals surface area contributed by atoms with Crippen molar-refractivity contribution in [3.05, 3.63) is 107 Å². The third kappa shape index (κ3) is 4.94. The highest BCUT2D eigenvalue weighted by Crippen LogP contribution is 2.27. The Bertz CT molecular complexity index is 1210. The van der Waals surface area contributed by atoms with E-state index >= 15 is 0 Å². The molecule has 0 saturated heterocycles. The topological polar surface area (TPSA) is 85.1 Å². The summed E-state index contributed by atoms with van der Waals surface area (Å²) in [5.74, 6) is 0.289. The number of nitrogens with one attached hydrogen (secondary N) is 1. The van der Waals surface area contributed by atoms with Gasteiger partial charge >= 0.3 is 0 Å². The van der Waals surface area contributed by atoms with E-state index in [9.17, 15) is 8.42 Å². The number of rotatable bonds is 7. The Morgan fingerprint density at radius 1 is 0.867 bits per heavy atom. The van der Waals surface area contributed by atoms with Crippen molar-refractivity contribution in [3.8, 4) is 11.5 Å². The lowest BCUT2D eigenvalue weighted by molar-refractivity contribution is 0.464. The summed E-state index contributed by atoms with van der Waals surface area (Å²) in [6.07, 6.45) is 0. The predicted molar refractivity (Wildman–Crippen MR) is 115 cm³/mol. The zero-order valence-electron chi connectivity index (χ0n) is 15.8. The van der Waals surface area contributed by atoms with Gasteiger partial charge in [0.15, 0.2) is 0 Å². The third-order valence-electron chi connectivity index (χ3n) is 4.41. The molecule has 0 aliphatic heterocycles. The Morgan fingerprint density at radius 3 is 2.17 bits per heavy atom. The highest BCUT2D eigenvalue weighted by atomic mass is 35.5. The fraction of sp³-hybridized carbons (Fsp3) is 0.0909. The van der Waals surface area contributed by atoms with Gasteiger partial charge in [-0.05, 0) is 35.4 Å². The van der Waals surface area contributed by atoms with Crippen LogP contribution in [0.2, 0.25) is 5.02 Å². The molecule has 0 aliphatic carbocycles. The summed E-state index contributed by atoms with van der Waals surface area (Å²) in [5.41, 5.74) is 2.06. The van der Waals surface area contributed by atoms with Gasteiger partial charge in [0.1, 0.15) is 6.04 Å². The first kappa shape index (κ1) is 20.3. The van der Waals surface area contributed by atoms with Crippen LogP contribution in [0.25, 0.3) is 11.5 Å². The van der Waals surface area contributed by atoms with Crippen LogP contribution in [-0.2, 0) is 15.8 Å². The van der Waals surface area contributed by atoms with Gasteiger partial charge in [0.2, 0.25) is 21.8 Å². The van der Waals surface area contributed by atoms with E-state index in [1.165, 1.54) is 0 Å². The van der Waals surface area contributed by atoms with Crippen molar-refractivity contribution in [2.24, 2.45) is 0 Å². The van der Waals surface area contributed by atoms with E-state index in [2.05, 4.69) is 14.9 Å². The summed E-state index contributed by atoms with van der Waals surface area (Å²) in [4.78, 5) is 0. The maximum absolute atomic E-state index is 12.9. The second-order valence-corrected chi connectivity index (χ2v) is 8.85. The molecule has 1 atom stereocenters. The summed E-state index contributed by atoms with van der Waals surface area (Å²) in [6, 6.07) is 24.2. The van der Waals surface area contributed by atoms with E-state index in [1.807, 2.05) is 36.4 Å². The van der Waals surface area contributed by atoms with Crippen LogP contribution in [0.1, 0.15) is 23.1 Å². The summed E-state index contributed by atoms with van der Waals surface area (Å²) in [5, 5.41) is 8.73. The number of benzene rings is 3. The smallest absolute Gasteiger partial charge is 0.247 e. The Labute approximate surface area is 179 Å². The molecule has 0 fully saturated rings. The second-order valence-electron chi connectivity index (χ2n) is 6.66. The van der Waals surface area contributed by atoms with Crippen molar-refractivity contribution in [1.29, 1.82) is 0 Å². The van der Waals surface area contributed by atoms with Gasteiger partial charge in [-0.25, -0.2) is 8.42 Å². The molecule has 8 heteroatoms. The molecule has 0 spiro atoms. The zero-order chi connectivity index (χ0) is 21.0. The van der Waals surface area contributed by atoms with Crippen molar-refractivity contribution in [2.45, 2.75) is 11.8 Å². The van der Waals surface area contributed by atoms with Crippen LogP contribution in [-0.4, -0.2) is 18.6 Å². The minimum Gasteiger partial charge on any atom is -0.419 e. The lowest BCUT2D eigenvalue weighted by Gasteiger charge is -2.16. The summed E-state index contributed by atoms with van der Waals surface area (Å²) >= 11 is 6.00. The minimum absolute atomic E-state index is 0.146. The number of halogens is 1. The van der Waals surface area contributed by atoms with Gasteiger partial charge in [-0.1, -0.05) is 72.3 Å². The Hall–Kier alpha value is -3.00. The summed E-state index contributed by atoms with van der Waals surface area (Å²) in [6.45, 7) is 0. The Morgan fingerprint density at radius 2 is 1.50 bits per heavy atom. The van der Waals surface area contributed by atoms with Crippen LogP contribution in [0.3, 0.4) is 0 Å². The number of nitrogens with zero attached hydrogens (tertiary/aromatic N) is 2. The summed E-state index contributed by atoms with van der Waals surface area (Å²) in [7, 11) is -3.71. The molecule has 0 radical (unpaired) electrons. The second kappa shape index (κ2) is 8.79. The monoisotopic (exact) mass is 439 g/mol. The molecule has 1 N–H and O–H groups in total. The van der Waals surface area contributed by atoms with Crippen LogP contribution < -0.4 is 4.72 Å². The SMILES string of the molecule is O=S(=O)(Cc1ccccc1)N[C@H](c1ccc(Cl)cc1)c1nnc(-c2ccccc2)o1. The number of sulfonamides is 1. The molecule has 0 unspecified atom stereocenters. The van der Waals surface area contributed by atoms with Crippen molar-refractivity contribution < 1.29 is 12.8 Å². The largest absolute Gasteiger partial charge is 0.419 e. The van der Waals surface area contributed by atoms with Crippen LogP contribution in [0.15, 0.2) is 89.3 Å². The first-order valence-corrected chi connectivity index (χ1v) is 11.2. The maximum Gasteiger partial charge on any atom is 0.247 e. The standard InChI is InChI=1S/C22H18ClN3O3S/c23-19-13-11-17(12-14-19)20(26-30(27,28)15-16-7-3-1-4-8-16)22-25-24-21(29-22)18-9-5-2-6-10-18/h1-14,20,26H,15H2/t20-/m1/s1. The van der Waals surface area contributed by atoms with Crippen molar-refractivity contribution in [2.75, 3.05) is 0 Å². The molecule has 1 heterocycles. The van der Waals surface area contributed by atoms with Gasteiger partial charge in [0, 0.05) is 10.6 Å². The highest BCUT2D eigenvalue weighted by molar-refractivity contribution is 7.88. The van der Waals surface area contributed by atoms with Crippen molar-refractivity contribution in [1.82, 2.24) is 14.9 Å². The number of aromatic nitrogens is 2. The Balaban J connectivity index is 1.67. The van der Waals surface area contributed by atoms with Gasteiger partial charge in [-0.3, -0.25) is 0 Å². The third-order valence-corrected chi connectivity index (χ3v) is 5.97. The lowest BCUT2D eigenvalue weighted by atomic mass is 10.1. The molecule has 152 valence electrons. The molecule has 30 heavy (non-hydrogen) atoms. The quantitative estimate of drug-likeness (QED) is 0.455. The highest BCUT2D eigenvalue weighted by Gasteiger charge is 2.27. The molecular weight excluding hydrogens is 422 g/mol. The van der Waals surface area contributed by atoms with Crippen LogP contribution in [0.4, 0.5) is 0 Å². The zero-order valence-corrected chi connectivity index (χ0v) is 17.3. The molecule has 0 saturated carbocycles. The predicted octanol–water partition coefficient (Wildman–Crippen LogP) is 4.60. The first-order valence-electron chi connectivity index (χ1n) is 9.18. The molecule has 0 bridgehead atoms. The minimum atomic E-state index is -3.71. The molecule has 1 aromatic heterocycles. The fourth-order valence-electron chi connectivity index (χ4n) is 2.98. The fourth-order valence-corrected chi connectivity index (χ4v) is 4.42. The van der Waals surface area contributed by atoms with Crippen LogP contribution in [0.5, 0.6) is 0 Å². The molecular formula is C22H18ClN3O3S. The van der Waals surface area contributed by atoms with E-state index in [0.717, 1.165) is 5.56 Å². The molecule has 0 aliphatic rings. The van der Waals surface area contributed by atoms with Gasteiger partial charge in [0.25, 0.3) is 0 Å². The number of hydrogen-bond acceptors (Lipinski definition) is 5. The number of hydrogen-bond donors (Lipinski definition) is 1. The van der Waals surface area contributed by atoms with Crippen molar-refractivity contribution in [3.63, 3.8) is 0 Å². The van der Waals surface area contributed by atoms with Crippen molar-refractivity contribution >= 4 is 21.6 Å². The molecule has 4 aromatic rings. The van der Waals surface area contributed by atoms with E-state index < -0.39 is 16.1 Å². The van der Waals surface area contributed by atoms with E-state index in [1.54, 1.807) is 48.5 Å². The average Bonchev–Trinajstić information content (AvgIpc) is 3.24. The molecule has 4 rings (SSSR count). The molecule has 3 aromatic carbocycles. The normalized spacial score (nSPS) is 12.6. The van der Waals surface area contributed by atoms with E-state index in [4.69, 9.17) is 16.0 Å². The lowest BCUT2D eigenvalue weighted by Crippen LogP contribution is -2.30. The van der Waals surface area contributed by atoms with Gasteiger partial charge in [0.05, 0.1) is 5.75 Å². The maximum atomic E-state index is 12.9. The van der Waals surface area contributed by atoms with Crippen LogP contribution >= 0.6 is 11.6 Å².